The molecule has 1 heteroatoms. The minimum atomic E-state index is 0.537. The molecule has 0 aromatic heterocycles. The average molecular weight is 481 g/mol. The second-order valence-corrected chi connectivity index (χ2v) is 11.8. The Hall–Kier alpha value is -3.42. The molecule has 0 amide bonds. The van der Waals surface area contributed by atoms with Gasteiger partial charge in [-0.05, 0) is 71.2 Å². The van der Waals surface area contributed by atoms with E-state index >= 15 is 0 Å². The zero-order chi connectivity index (χ0) is 24.6. The third kappa shape index (κ3) is 4.22. The molecule has 36 heavy (non-hydrogen) atoms. The van der Waals surface area contributed by atoms with Crippen molar-refractivity contribution in [3.63, 3.8) is 0 Å². The minimum absolute atomic E-state index is 0.537. The standard InChI is InChI=1S/C35H32Si/c1-4-7-32-31-11-6-10-30(26-18-14-24(3)15-19-26)34(31)22-35(32)36-28-20-27-8-5-9-29(33(27)21-28)25-16-12-23(2)13-17-25/h5-6,8-19,21-22,32H,4,7,20H2,1-3H3. The van der Waals surface area contributed by atoms with E-state index in [9.17, 15) is 0 Å². The molecule has 6 rings (SSSR count). The third-order valence-corrected chi connectivity index (χ3v) is 9.12. The van der Waals surface area contributed by atoms with Gasteiger partial charge in [0.2, 0.25) is 0 Å². The van der Waals surface area contributed by atoms with Crippen LogP contribution in [0.3, 0.4) is 0 Å². The van der Waals surface area contributed by atoms with E-state index in [2.05, 4.69) is 118 Å². The lowest BCUT2D eigenvalue weighted by atomic mass is 9.91. The Kier molecular flexibility index (Phi) is 6.11. The molecule has 0 saturated heterocycles. The van der Waals surface area contributed by atoms with Crippen LogP contribution in [0.25, 0.3) is 34.4 Å². The number of aryl methyl sites for hydroxylation is 2. The highest BCUT2D eigenvalue weighted by atomic mass is 28.2. The van der Waals surface area contributed by atoms with Gasteiger partial charge in [0.1, 0.15) is 9.52 Å². The van der Waals surface area contributed by atoms with Crippen LogP contribution in [0.1, 0.15) is 59.1 Å². The van der Waals surface area contributed by atoms with Crippen molar-refractivity contribution in [2.45, 2.75) is 46.0 Å². The van der Waals surface area contributed by atoms with Crippen LogP contribution < -0.4 is 0 Å². The zero-order valence-corrected chi connectivity index (χ0v) is 22.4. The van der Waals surface area contributed by atoms with Gasteiger partial charge in [0.25, 0.3) is 0 Å². The highest BCUT2D eigenvalue weighted by Gasteiger charge is 2.28. The van der Waals surface area contributed by atoms with Gasteiger partial charge in [-0.3, -0.25) is 0 Å². The van der Waals surface area contributed by atoms with Crippen LogP contribution in [0.15, 0.2) is 95.3 Å². The van der Waals surface area contributed by atoms with Crippen molar-refractivity contribution in [2.75, 3.05) is 0 Å². The Balaban J connectivity index is 1.34. The molecule has 2 aliphatic carbocycles. The Bertz CT molecular complexity index is 1480. The molecule has 0 heterocycles. The van der Waals surface area contributed by atoms with Gasteiger partial charge in [0.05, 0.1) is 0 Å². The lowest BCUT2D eigenvalue weighted by Gasteiger charge is -2.17. The van der Waals surface area contributed by atoms with E-state index < -0.39 is 0 Å². The highest BCUT2D eigenvalue weighted by Crippen LogP contribution is 2.44. The molecule has 1 atom stereocenters. The summed E-state index contributed by atoms with van der Waals surface area (Å²) in [6, 6.07) is 31.7. The molecular weight excluding hydrogens is 448 g/mol. The largest absolute Gasteiger partial charge is 0.111 e. The molecule has 2 aliphatic rings. The Morgan fingerprint density at radius 3 is 1.94 bits per heavy atom. The quantitative estimate of drug-likeness (QED) is 0.241. The zero-order valence-electron chi connectivity index (χ0n) is 21.4. The van der Waals surface area contributed by atoms with Gasteiger partial charge in [0, 0.05) is 5.92 Å². The van der Waals surface area contributed by atoms with Crippen LogP contribution in [0.2, 0.25) is 0 Å². The molecule has 2 radical (unpaired) electrons. The predicted molar refractivity (Wildman–Crippen MR) is 156 cm³/mol. The van der Waals surface area contributed by atoms with Crippen LogP contribution in [0, 0.1) is 13.8 Å². The number of fused-ring (bicyclic) bond motifs is 2. The number of allylic oxidation sites excluding steroid dienone is 2. The van der Waals surface area contributed by atoms with Crippen LogP contribution in [-0.4, -0.2) is 9.52 Å². The van der Waals surface area contributed by atoms with Gasteiger partial charge in [-0.1, -0.05) is 132 Å². The second-order valence-electron chi connectivity index (χ2n) is 10.3. The summed E-state index contributed by atoms with van der Waals surface area (Å²) in [6.07, 6.45) is 8.53. The van der Waals surface area contributed by atoms with Crippen molar-refractivity contribution >= 4 is 21.7 Å². The first-order valence-corrected chi connectivity index (χ1v) is 14.2. The van der Waals surface area contributed by atoms with Gasteiger partial charge in [-0.25, -0.2) is 0 Å². The smallest absolute Gasteiger partial charge is 0.0748 e. The number of benzene rings is 4. The molecule has 0 bridgehead atoms. The van der Waals surface area contributed by atoms with Crippen LogP contribution in [0.5, 0.6) is 0 Å². The number of rotatable bonds is 6. The molecule has 4 aromatic carbocycles. The SMILES string of the molecule is CCCC1C([Si]C2=Cc3c(cccc3-c3ccc(C)cc3)C2)=Cc2c(-c3ccc(C)cc3)cccc21. The molecule has 4 aromatic rings. The second kappa shape index (κ2) is 9.56. The highest BCUT2D eigenvalue weighted by molar-refractivity contribution is 6.57. The Labute approximate surface area is 218 Å². The fourth-order valence-corrected chi connectivity index (χ4v) is 7.35. The summed E-state index contributed by atoms with van der Waals surface area (Å²) in [5.74, 6) is 0.537. The van der Waals surface area contributed by atoms with Gasteiger partial charge in [-0.15, -0.1) is 0 Å². The summed E-state index contributed by atoms with van der Waals surface area (Å²) < 4.78 is 0. The molecule has 1 unspecified atom stereocenters. The van der Waals surface area contributed by atoms with Gasteiger partial charge in [-0.2, -0.15) is 0 Å². The maximum Gasteiger partial charge on any atom is 0.111 e. The van der Waals surface area contributed by atoms with Crippen molar-refractivity contribution < 1.29 is 0 Å². The fraction of sp³-hybridized carbons (Fsp3) is 0.200. The van der Waals surface area contributed by atoms with Gasteiger partial charge in [0.15, 0.2) is 0 Å². The van der Waals surface area contributed by atoms with Crippen molar-refractivity contribution in [1.29, 1.82) is 0 Å². The summed E-state index contributed by atoms with van der Waals surface area (Å²) in [7, 11) is 0.749. The van der Waals surface area contributed by atoms with Crippen LogP contribution in [0.4, 0.5) is 0 Å². The normalized spacial score (nSPS) is 15.9. The van der Waals surface area contributed by atoms with Crippen LogP contribution >= 0.6 is 0 Å². The summed E-state index contributed by atoms with van der Waals surface area (Å²) in [4.78, 5) is 0. The maximum atomic E-state index is 2.54. The number of hydrogen-bond donors (Lipinski definition) is 0. The van der Waals surface area contributed by atoms with E-state index in [1.807, 2.05) is 0 Å². The first kappa shape index (κ1) is 23.0. The molecule has 0 fully saturated rings. The van der Waals surface area contributed by atoms with E-state index in [1.54, 1.807) is 10.4 Å². The number of hydrogen-bond acceptors (Lipinski definition) is 0. The van der Waals surface area contributed by atoms with Crippen molar-refractivity contribution in [1.82, 2.24) is 0 Å². The summed E-state index contributed by atoms with van der Waals surface area (Å²) in [6.45, 7) is 6.64. The molecule has 0 spiro atoms. The molecule has 0 saturated carbocycles. The van der Waals surface area contributed by atoms with Gasteiger partial charge >= 0.3 is 0 Å². The minimum Gasteiger partial charge on any atom is -0.0748 e. The Morgan fingerprint density at radius 1 is 0.694 bits per heavy atom. The monoisotopic (exact) mass is 480 g/mol. The first-order valence-electron chi connectivity index (χ1n) is 13.2. The van der Waals surface area contributed by atoms with E-state index in [0.717, 1.165) is 15.9 Å². The fourth-order valence-electron chi connectivity index (χ4n) is 5.80. The lowest BCUT2D eigenvalue weighted by Crippen LogP contribution is -2.08. The molecule has 0 aliphatic heterocycles. The van der Waals surface area contributed by atoms with Crippen molar-refractivity contribution in [2.24, 2.45) is 0 Å². The molecule has 0 N–H and O–H groups in total. The predicted octanol–water partition coefficient (Wildman–Crippen LogP) is 9.18. The summed E-state index contributed by atoms with van der Waals surface area (Å²) in [5.41, 5.74) is 13.9. The topological polar surface area (TPSA) is 0 Å². The van der Waals surface area contributed by atoms with E-state index in [4.69, 9.17) is 0 Å². The maximum absolute atomic E-state index is 2.54. The average Bonchev–Trinajstić information content (AvgIpc) is 3.46. The van der Waals surface area contributed by atoms with Crippen molar-refractivity contribution in [3.8, 4) is 22.3 Å². The summed E-state index contributed by atoms with van der Waals surface area (Å²) >= 11 is 0. The van der Waals surface area contributed by atoms with E-state index in [-0.39, 0.29) is 0 Å². The lowest BCUT2D eigenvalue weighted by molar-refractivity contribution is 0.716. The van der Waals surface area contributed by atoms with E-state index in [1.165, 1.54) is 68.5 Å². The molecule has 0 nitrogen and oxygen atoms in total. The Morgan fingerprint density at radius 2 is 1.31 bits per heavy atom. The molecule has 176 valence electrons. The molecular formula is C35H32Si. The van der Waals surface area contributed by atoms with Crippen LogP contribution in [-0.2, 0) is 6.42 Å². The van der Waals surface area contributed by atoms with E-state index in [0.29, 0.717) is 5.92 Å². The summed E-state index contributed by atoms with van der Waals surface area (Å²) in [5, 5.41) is 3.18. The first-order chi connectivity index (χ1) is 17.6. The third-order valence-electron chi connectivity index (χ3n) is 7.69. The van der Waals surface area contributed by atoms with Crippen molar-refractivity contribution in [3.05, 3.63) is 129 Å². The van der Waals surface area contributed by atoms with Gasteiger partial charge < -0.3 is 0 Å².